The maximum absolute atomic E-state index is 5.80. The fourth-order valence-corrected chi connectivity index (χ4v) is 1.75. The molecule has 2 heteroatoms. The lowest BCUT2D eigenvalue weighted by molar-refractivity contribution is 0.482. The van der Waals surface area contributed by atoms with Crippen molar-refractivity contribution in [3.63, 3.8) is 0 Å². The van der Waals surface area contributed by atoms with Gasteiger partial charge < -0.3 is 10.5 Å². The van der Waals surface area contributed by atoms with Gasteiger partial charge in [-0.05, 0) is 61.7 Å². The van der Waals surface area contributed by atoms with Crippen molar-refractivity contribution in [1.29, 1.82) is 0 Å². The van der Waals surface area contributed by atoms with Crippen molar-refractivity contribution in [3.05, 3.63) is 53.1 Å². The molecule has 2 nitrogen and oxygen atoms in total. The van der Waals surface area contributed by atoms with Gasteiger partial charge >= 0.3 is 0 Å². The number of aryl methyl sites for hydroxylation is 3. The molecule has 0 saturated carbocycles. The number of rotatable bonds is 2. The van der Waals surface area contributed by atoms with Gasteiger partial charge in [0.05, 0.1) is 0 Å². The van der Waals surface area contributed by atoms with Crippen LogP contribution in [0.2, 0.25) is 0 Å². The Hall–Kier alpha value is -1.96. The Morgan fingerprint density at radius 2 is 1.59 bits per heavy atom. The number of hydrogen-bond acceptors (Lipinski definition) is 2. The molecule has 0 saturated heterocycles. The molecule has 2 aromatic carbocycles. The van der Waals surface area contributed by atoms with Crippen molar-refractivity contribution < 1.29 is 4.74 Å². The van der Waals surface area contributed by atoms with E-state index in [0.29, 0.717) is 0 Å². The van der Waals surface area contributed by atoms with Crippen LogP contribution in [0.5, 0.6) is 11.5 Å². The lowest BCUT2D eigenvalue weighted by atomic mass is 10.1. The summed E-state index contributed by atoms with van der Waals surface area (Å²) in [7, 11) is 0. The molecular formula is C15H17NO. The van der Waals surface area contributed by atoms with E-state index in [1.54, 1.807) is 0 Å². The van der Waals surface area contributed by atoms with Crippen LogP contribution < -0.4 is 10.5 Å². The minimum Gasteiger partial charge on any atom is -0.457 e. The average Bonchev–Trinajstić information content (AvgIpc) is 2.22. The van der Waals surface area contributed by atoms with E-state index < -0.39 is 0 Å². The molecule has 0 spiro atoms. The van der Waals surface area contributed by atoms with Crippen molar-refractivity contribution in [2.75, 3.05) is 5.73 Å². The molecule has 2 aromatic rings. The summed E-state index contributed by atoms with van der Waals surface area (Å²) in [5.41, 5.74) is 10.1. The molecule has 2 rings (SSSR count). The van der Waals surface area contributed by atoms with Gasteiger partial charge in [-0.2, -0.15) is 0 Å². The van der Waals surface area contributed by atoms with E-state index in [1.807, 2.05) is 37.3 Å². The van der Waals surface area contributed by atoms with Gasteiger partial charge in [-0.25, -0.2) is 0 Å². The molecule has 0 amide bonds. The van der Waals surface area contributed by atoms with Crippen LogP contribution in [0, 0.1) is 20.8 Å². The van der Waals surface area contributed by atoms with Crippen molar-refractivity contribution in [2.24, 2.45) is 0 Å². The summed E-state index contributed by atoms with van der Waals surface area (Å²) in [5.74, 6) is 1.63. The Balaban J connectivity index is 2.28. The maximum Gasteiger partial charge on any atom is 0.129 e. The Labute approximate surface area is 102 Å². The number of nitrogen functional groups attached to an aromatic ring is 1. The van der Waals surface area contributed by atoms with Crippen LogP contribution in [0.1, 0.15) is 16.7 Å². The highest BCUT2D eigenvalue weighted by atomic mass is 16.5. The van der Waals surface area contributed by atoms with Crippen molar-refractivity contribution in [3.8, 4) is 11.5 Å². The van der Waals surface area contributed by atoms with E-state index in [1.165, 1.54) is 11.1 Å². The first kappa shape index (κ1) is 11.5. The zero-order valence-electron chi connectivity index (χ0n) is 10.4. The molecule has 0 aliphatic carbocycles. The Morgan fingerprint density at radius 3 is 2.24 bits per heavy atom. The predicted octanol–water partition coefficient (Wildman–Crippen LogP) is 3.99. The van der Waals surface area contributed by atoms with Crippen LogP contribution in [0.4, 0.5) is 5.69 Å². The second-order valence-corrected chi connectivity index (χ2v) is 4.43. The molecule has 0 fully saturated rings. The molecule has 0 unspecified atom stereocenters. The standard InChI is InChI=1S/C15H17NO/c1-10-6-13(16)9-15(7-10)17-14-5-4-11(2)12(3)8-14/h4-9H,16H2,1-3H3. The fraction of sp³-hybridized carbons (Fsp3) is 0.200. The molecule has 17 heavy (non-hydrogen) atoms. The molecule has 0 aliphatic rings. The lowest BCUT2D eigenvalue weighted by Crippen LogP contribution is -1.90. The Kier molecular flexibility index (Phi) is 3.05. The van der Waals surface area contributed by atoms with Crippen molar-refractivity contribution in [1.82, 2.24) is 0 Å². The van der Waals surface area contributed by atoms with Gasteiger partial charge in [-0.3, -0.25) is 0 Å². The number of hydrogen-bond donors (Lipinski definition) is 1. The zero-order valence-corrected chi connectivity index (χ0v) is 10.4. The van der Waals surface area contributed by atoms with Crippen LogP contribution in [-0.4, -0.2) is 0 Å². The van der Waals surface area contributed by atoms with Gasteiger partial charge in [-0.15, -0.1) is 0 Å². The lowest BCUT2D eigenvalue weighted by Gasteiger charge is -2.09. The smallest absolute Gasteiger partial charge is 0.129 e. The molecule has 0 aromatic heterocycles. The van der Waals surface area contributed by atoms with Crippen LogP contribution >= 0.6 is 0 Å². The highest BCUT2D eigenvalue weighted by Gasteiger charge is 2.01. The van der Waals surface area contributed by atoms with Gasteiger partial charge in [0.25, 0.3) is 0 Å². The number of nitrogens with two attached hydrogens (primary N) is 1. The fourth-order valence-electron chi connectivity index (χ4n) is 1.75. The largest absolute Gasteiger partial charge is 0.457 e. The Bertz CT molecular complexity index is 526. The van der Waals surface area contributed by atoms with Crippen molar-refractivity contribution >= 4 is 5.69 Å². The summed E-state index contributed by atoms with van der Waals surface area (Å²) < 4.78 is 5.80. The molecule has 2 N–H and O–H groups in total. The van der Waals surface area contributed by atoms with Crippen LogP contribution in [0.25, 0.3) is 0 Å². The molecular weight excluding hydrogens is 210 g/mol. The monoisotopic (exact) mass is 227 g/mol. The van der Waals surface area contributed by atoms with Crippen LogP contribution in [0.3, 0.4) is 0 Å². The van der Waals surface area contributed by atoms with E-state index in [4.69, 9.17) is 10.5 Å². The first-order chi connectivity index (χ1) is 8.04. The first-order valence-electron chi connectivity index (χ1n) is 5.67. The summed E-state index contributed by atoms with van der Waals surface area (Å²) in [6, 6.07) is 11.8. The SMILES string of the molecule is Cc1cc(N)cc(Oc2ccc(C)c(C)c2)c1. The van der Waals surface area contributed by atoms with Gasteiger partial charge in [0.15, 0.2) is 0 Å². The predicted molar refractivity (Wildman–Crippen MR) is 71.6 cm³/mol. The first-order valence-corrected chi connectivity index (χ1v) is 5.67. The summed E-state index contributed by atoms with van der Waals surface area (Å²) in [4.78, 5) is 0. The van der Waals surface area contributed by atoms with Crippen LogP contribution in [0.15, 0.2) is 36.4 Å². The minimum atomic E-state index is 0.726. The summed E-state index contributed by atoms with van der Waals surface area (Å²) in [5, 5.41) is 0. The summed E-state index contributed by atoms with van der Waals surface area (Å²) >= 11 is 0. The van der Waals surface area contributed by atoms with E-state index in [0.717, 1.165) is 22.7 Å². The molecule has 0 atom stereocenters. The molecule has 88 valence electrons. The highest BCUT2D eigenvalue weighted by Crippen LogP contribution is 2.26. The molecule has 0 aliphatic heterocycles. The zero-order chi connectivity index (χ0) is 12.4. The van der Waals surface area contributed by atoms with Gasteiger partial charge in [0.2, 0.25) is 0 Å². The van der Waals surface area contributed by atoms with E-state index in [2.05, 4.69) is 19.9 Å². The average molecular weight is 227 g/mol. The molecule has 0 heterocycles. The summed E-state index contributed by atoms with van der Waals surface area (Å²) in [6.07, 6.45) is 0. The Morgan fingerprint density at radius 1 is 0.824 bits per heavy atom. The normalized spacial score (nSPS) is 10.3. The van der Waals surface area contributed by atoms with E-state index in [9.17, 15) is 0 Å². The second kappa shape index (κ2) is 4.50. The third-order valence-corrected chi connectivity index (χ3v) is 2.79. The van der Waals surface area contributed by atoms with E-state index >= 15 is 0 Å². The molecule has 0 radical (unpaired) electrons. The number of ether oxygens (including phenoxy) is 1. The number of benzene rings is 2. The quantitative estimate of drug-likeness (QED) is 0.787. The molecule has 0 bridgehead atoms. The number of anilines is 1. The third-order valence-electron chi connectivity index (χ3n) is 2.79. The summed E-state index contributed by atoms with van der Waals surface area (Å²) in [6.45, 7) is 6.17. The van der Waals surface area contributed by atoms with Gasteiger partial charge in [-0.1, -0.05) is 6.07 Å². The minimum absolute atomic E-state index is 0.726. The van der Waals surface area contributed by atoms with Crippen molar-refractivity contribution in [2.45, 2.75) is 20.8 Å². The van der Waals surface area contributed by atoms with E-state index in [-0.39, 0.29) is 0 Å². The third kappa shape index (κ3) is 2.78. The van der Waals surface area contributed by atoms with Gasteiger partial charge in [0.1, 0.15) is 11.5 Å². The van der Waals surface area contributed by atoms with Gasteiger partial charge in [0, 0.05) is 11.8 Å². The van der Waals surface area contributed by atoms with Crippen LogP contribution in [-0.2, 0) is 0 Å². The topological polar surface area (TPSA) is 35.2 Å². The maximum atomic E-state index is 5.80. The second-order valence-electron chi connectivity index (χ2n) is 4.43. The highest BCUT2D eigenvalue weighted by molar-refractivity contribution is 5.48.